The molecule has 0 aliphatic heterocycles. The molecule has 0 heterocycles. The standard InChI is InChI=1S/C9H10F6O9S/c10-8(11,12)23-3-21-6(16)1-5(2-25(18,19)20)7(17)22-4-24-9(13,14)15/h5H,1-4H2,(H,18,19,20). The van der Waals surface area contributed by atoms with Gasteiger partial charge in [0.05, 0.1) is 18.1 Å². The van der Waals surface area contributed by atoms with Crippen LogP contribution >= 0.6 is 0 Å². The van der Waals surface area contributed by atoms with Crippen LogP contribution < -0.4 is 0 Å². The summed E-state index contributed by atoms with van der Waals surface area (Å²) in [6.45, 7) is -3.30. The molecule has 0 aromatic heterocycles. The maximum atomic E-state index is 11.7. The first-order chi connectivity index (χ1) is 11.1. The Labute approximate surface area is 135 Å². The van der Waals surface area contributed by atoms with Gasteiger partial charge in [-0.05, 0) is 0 Å². The molecule has 16 heteroatoms. The normalized spacial score (nSPS) is 14.0. The molecule has 0 saturated heterocycles. The van der Waals surface area contributed by atoms with E-state index in [1.807, 2.05) is 0 Å². The van der Waals surface area contributed by atoms with Gasteiger partial charge in [0.15, 0.2) is 0 Å². The van der Waals surface area contributed by atoms with Crippen LogP contribution in [-0.2, 0) is 38.7 Å². The molecule has 0 aliphatic rings. The average molecular weight is 408 g/mol. The van der Waals surface area contributed by atoms with E-state index in [0.717, 1.165) is 0 Å². The lowest BCUT2D eigenvalue weighted by Gasteiger charge is -2.15. The third-order valence-corrected chi connectivity index (χ3v) is 2.85. The fourth-order valence-electron chi connectivity index (χ4n) is 1.16. The molecular weight excluding hydrogens is 398 g/mol. The first-order valence-electron chi connectivity index (χ1n) is 5.78. The molecule has 0 radical (unpaired) electrons. The highest BCUT2D eigenvalue weighted by Crippen LogP contribution is 2.18. The van der Waals surface area contributed by atoms with E-state index < -0.39 is 66.5 Å². The SMILES string of the molecule is O=C(CC(CS(=O)(=O)O)C(=O)OCOC(F)(F)F)OCOC(F)(F)F. The Kier molecular flexibility index (Phi) is 8.56. The molecule has 0 aromatic carbocycles. The van der Waals surface area contributed by atoms with Gasteiger partial charge in [-0.3, -0.25) is 23.6 Å². The predicted octanol–water partition coefficient (Wildman–Crippen LogP) is 0.955. The number of ether oxygens (including phenoxy) is 4. The second-order valence-corrected chi connectivity index (χ2v) is 5.54. The Morgan fingerprint density at radius 3 is 1.76 bits per heavy atom. The smallest absolute Gasteiger partial charge is 0.438 e. The molecule has 1 N–H and O–H groups in total. The summed E-state index contributed by atoms with van der Waals surface area (Å²) in [5.41, 5.74) is 0. The summed E-state index contributed by atoms with van der Waals surface area (Å²) in [5, 5.41) is 0. The number of alkyl halides is 6. The number of hydrogen-bond acceptors (Lipinski definition) is 8. The van der Waals surface area contributed by atoms with Crippen molar-refractivity contribution < 1.29 is 67.8 Å². The van der Waals surface area contributed by atoms with Gasteiger partial charge >= 0.3 is 24.7 Å². The van der Waals surface area contributed by atoms with Crippen LogP contribution in [0.25, 0.3) is 0 Å². The van der Waals surface area contributed by atoms with Gasteiger partial charge in [0.1, 0.15) is 0 Å². The minimum absolute atomic E-state index is 1.23. The van der Waals surface area contributed by atoms with E-state index in [1.54, 1.807) is 0 Å². The summed E-state index contributed by atoms with van der Waals surface area (Å²) in [7, 11) is -4.89. The van der Waals surface area contributed by atoms with Crippen molar-refractivity contribution in [1.29, 1.82) is 0 Å². The molecule has 0 amide bonds. The minimum Gasteiger partial charge on any atom is -0.438 e. The van der Waals surface area contributed by atoms with Gasteiger partial charge in [0.2, 0.25) is 13.6 Å². The molecule has 9 nitrogen and oxygen atoms in total. The van der Waals surface area contributed by atoms with Crippen LogP contribution in [0.3, 0.4) is 0 Å². The van der Waals surface area contributed by atoms with Crippen LogP contribution in [0, 0.1) is 5.92 Å². The molecule has 0 fully saturated rings. The van der Waals surface area contributed by atoms with E-state index in [9.17, 15) is 44.3 Å². The number of carbonyl (C=O) groups is 2. The largest absolute Gasteiger partial charge is 0.525 e. The van der Waals surface area contributed by atoms with Gasteiger partial charge < -0.3 is 9.47 Å². The van der Waals surface area contributed by atoms with E-state index in [-0.39, 0.29) is 0 Å². The maximum absolute atomic E-state index is 11.7. The lowest BCUT2D eigenvalue weighted by molar-refractivity contribution is -0.347. The van der Waals surface area contributed by atoms with E-state index in [0.29, 0.717) is 0 Å². The first kappa shape index (κ1) is 23.4. The number of rotatable bonds is 9. The van der Waals surface area contributed by atoms with Crippen LogP contribution in [0.4, 0.5) is 26.3 Å². The van der Waals surface area contributed by atoms with Crippen molar-refractivity contribution in [3.8, 4) is 0 Å². The quantitative estimate of drug-likeness (QED) is 0.257. The Bertz CT molecular complexity index is 555. The topological polar surface area (TPSA) is 125 Å². The molecule has 0 bridgehead atoms. The molecule has 148 valence electrons. The van der Waals surface area contributed by atoms with Crippen molar-refractivity contribution in [3.63, 3.8) is 0 Å². The lowest BCUT2D eigenvalue weighted by atomic mass is 10.1. The van der Waals surface area contributed by atoms with Crippen LogP contribution in [0.15, 0.2) is 0 Å². The number of halogens is 6. The van der Waals surface area contributed by atoms with Crippen LogP contribution in [0.1, 0.15) is 6.42 Å². The summed E-state index contributed by atoms with van der Waals surface area (Å²) in [6, 6.07) is 0. The van der Waals surface area contributed by atoms with E-state index in [1.165, 1.54) is 0 Å². The van der Waals surface area contributed by atoms with Crippen molar-refractivity contribution in [2.75, 3.05) is 19.3 Å². The zero-order valence-corrected chi connectivity index (χ0v) is 12.6. The van der Waals surface area contributed by atoms with Gasteiger partial charge in [0.25, 0.3) is 10.1 Å². The van der Waals surface area contributed by atoms with E-state index >= 15 is 0 Å². The summed E-state index contributed by atoms with van der Waals surface area (Å²) in [4.78, 5) is 22.6. The number of esters is 2. The van der Waals surface area contributed by atoms with Crippen molar-refractivity contribution in [3.05, 3.63) is 0 Å². The Morgan fingerprint density at radius 1 is 0.920 bits per heavy atom. The van der Waals surface area contributed by atoms with Gasteiger partial charge in [-0.25, -0.2) is 0 Å². The predicted molar refractivity (Wildman–Crippen MR) is 60.7 cm³/mol. The molecule has 1 unspecified atom stereocenters. The summed E-state index contributed by atoms with van der Waals surface area (Å²) >= 11 is 0. The molecule has 0 saturated carbocycles. The van der Waals surface area contributed by atoms with Crippen molar-refractivity contribution in [2.45, 2.75) is 19.1 Å². The minimum atomic E-state index is -5.17. The fraction of sp³-hybridized carbons (Fsp3) is 0.778. The average Bonchev–Trinajstić information content (AvgIpc) is 2.32. The zero-order valence-electron chi connectivity index (χ0n) is 11.8. The molecule has 0 aromatic rings. The molecule has 1 atom stereocenters. The van der Waals surface area contributed by atoms with Gasteiger partial charge in [-0.1, -0.05) is 0 Å². The summed E-state index contributed by atoms with van der Waals surface area (Å²) < 4.78 is 114. The first-order valence-corrected chi connectivity index (χ1v) is 7.39. The van der Waals surface area contributed by atoms with Gasteiger partial charge in [0, 0.05) is 0 Å². The van der Waals surface area contributed by atoms with Gasteiger partial charge in [-0.2, -0.15) is 8.42 Å². The highest BCUT2D eigenvalue weighted by Gasteiger charge is 2.33. The molecule has 25 heavy (non-hydrogen) atoms. The fourth-order valence-corrected chi connectivity index (χ4v) is 1.92. The molecular formula is C9H10F6O9S. The second kappa shape index (κ2) is 9.16. The summed E-state index contributed by atoms with van der Waals surface area (Å²) in [5.74, 6) is -6.82. The second-order valence-electron chi connectivity index (χ2n) is 4.05. The Balaban J connectivity index is 4.66. The third kappa shape index (κ3) is 14.4. The zero-order chi connectivity index (χ0) is 19.9. The lowest BCUT2D eigenvalue weighted by Crippen LogP contribution is -2.30. The van der Waals surface area contributed by atoms with Crippen LogP contribution in [0.2, 0.25) is 0 Å². The third-order valence-electron chi connectivity index (χ3n) is 2.02. The molecule has 0 spiro atoms. The van der Waals surface area contributed by atoms with Crippen LogP contribution in [-0.4, -0.2) is 57.0 Å². The van der Waals surface area contributed by atoms with E-state index in [4.69, 9.17) is 4.55 Å². The number of carbonyl (C=O) groups excluding carboxylic acids is 2. The summed E-state index contributed by atoms with van der Waals surface area (Å²) in [6.07, 6.45) is -11.5. The van der Waals surface area contributed by atoms with Crippen LogP contribution in [0.5, 0.6) is 0 Å². The molecule has 0 aliphatic carbocycles. The molecule has 0 rings (SSSR count). The van der Waals surface area contributed by atoms with Gasteiger partial charge in [-0.15, -0.1) is 26.3 Å². The van der Waals surface area contributed by atoms with Crippen molar-refractivity contribution in [2.24, 2.45) is 5.92 Å². The van der Waals surface area contributed by atoms with Crippen molar-refractivity contribution in [1.82, 2.24) is 0 Å². The number of hydrogen-bond donors (Lipinski definition) is 1. The van der Waals surface area contributed by atoms with E-state index in [2.05, 4.69) is 18.9 Å². The monoisotopic (exact) mass is 408 g/mol. The highest BCUT2D eigenvalue weighted by atomic mass is 32.2. The van der Waals surface area contributed by atoms with Crippen molar-refractivity contribution >= 4 is 22.1 Å². The highest BCUT2D eigenvalue weighted by molar-refractivity contribution is 7.85. The maximum Gasteiger partial charge on any atom is 0.525 e. The Morgan fingerprint density at radius 2 is 1.36 bits per heavy atom. The Hall–Kier alpha value is -1.65.